The molecule has 5 heteroatoms. The Morgan fingerprint density at radius 1 is 1.22 bits per heavy atom. The molecule has 1 aromatic heterocycles. The van der Waals surface area contributed by atoms with Gasteiger partial charge in [0.25, 0.3) is 5.91 Å². The molecule has 3 rings (SSSR count). The zero-order valence-electron chi connectivity index (χ0n) is 12.8. The molecule has 0 bridgehead atoms. The highest BCUT2D eigenvalue weighted by atomic mass is 35.5. The summed E-state index contributed by atoms with van der Waals surface area (Å²) in [5.41, 5.74) is 2.74. The Morgan fingerprint density at radius 3 is 2.74 bits per heavy atom. The number of aryl methyl sites for hydroxylation is 1. The zero-order valence-corrected chi connectivity index (χ0v) is 14.4. The highest BCUT2D eigenvalue weighted by Crippen LogP contribution is 2.28. The molecular formula is C18H17ClN2OS. The summed E-state index contributed by atoms with van der Waals surface area (Å²) in [5.74, 6) is -0.141. The fraction of sp³-hybridized carbons (Fsp3) is 0.222. The van der Waals surface area contributed by atoms with Crippen LogP contribution in [0.3, 0.4) is 0 Å². The molecule has 0 spiro atoms. The number of fused-ring (bicyclic) bond motifs is 1. The van der Waals surface area contributed by atoms with E-state index in [1.54, 1.807) is 6.07 Å². The summed E-state index contributed by atoms with van der Waals surface area (Å²) in [5, 5.41) is 4.11. The first-order chi connectivity index (χ1) is 11.2. The molecule has 0 aliphatic carbocycles. The quantitative estimate of drug-likeness (QED) is 0.659. The van der Waals surface area contributed by atoms with Gasteiger partial charge in [0.2, 0.25) is 0 Å². The lowest BCUT2D eigenvalue weighted by molar-refractivity contribution is 0.102. The maximum atomic E-state index is 12.3. The Morgan fingerprint density at radius 2 is 2.00 bits per heavy atom. The number of benzene rings is 2. The Balaban J connectivity index is 1.72. The number of halogens is 1. The number of nitrogens with one attached hydrogen (secondary N) is 1. The molecule has 0 radical (unpaired) electrons. The van der Waals surface area contributed by atoms with E-state index in [9.17, 15) is 4.79 Å². The van der Waals surface area contributed by atoms with Gasteiger partial charge < -0.3 is 0 Å². The molecule has 1 heterocycles. The molecule has 0 fully saturated rings. The van der Waals surface area contributed by atoms with Gasteiger partial charge in [0, 0.05) is 10.6 Å². The fourth-order valence-corrected chi connectivity index (χ4v) is 3.46. The van der Waals surface area contributed by atoms with Gasteiger partial charge >= 0.3 is 0 Å². The number of rotatable bonds is 5. The van der Waals surface area contributed by atoms with Gasteiger partial charge in [-0.15, -0.1) is 0 Å². The fourth-order valence-electron chi connectivity index (χ4n) is 2.32. The summed E-state index contributed by atoms with van der Waals surface area (Å²) in [6.07, 6.45) is 3.39. The Hall–Kier alpha value is -1.91. The van der Waals surface area contributed by atoms with E-state index in [0.717, 1.165) is 16.6 Å². The number of hydrogen-bond acceptors (Lipinski definition) is 3. The van der Waals surface area contributed by atoms with Crippen LogP contribution in [0.5, 0.6) is 0 Å². The Bertz CT molecular complexity index is 827. The van der Waals surface area contributed by atoms with Gasteiger partial charge in [0.15, 0.2) is 5.13 Å². The third-order valence-corrected chi connectivity index (χ3v) is 4.77. The van der Waals surface area contributed by atoms with Crippen molar-refractivity contribution in [2.75, 3.05) is 5.32 Å². The lowest BCUT2D eigenvalue weighted by Gasteiger charge is -2.03. The van der Waals surface area contributed by atoms with Crippen molar-refractivity contribution in [2.45, 2.75) is 26.2 Å². The predicted molar refractivity (Wildman–Crippen MR) is 97.6 cm³/mol. The smallest absolute Gasteiger partial charge is 0.257 e. The van der Waals surface area contributed by atoms with Crippen LogP contribution >= 0.6 is 22.9 Å². The number of hydrogen-bond donors (Lipinski definition) is 1. The van der Waals surface area contributed by atoms with Crippen molar-refractivity contribution in [2.24, 2.45) is 0 Å². The van der Waals surface area contributed by atoms with E-state index in [1.807, 2.05) is 36.4 Å². The summed E-state index contributed by atoms with van der Waals surface area (Å²) in [6.45, 7) is 2.17. The molecule has 3 aromatic rings. The minimum Gasteiger partial charge on any atom is -0.298 e. The van der Waals surface area contributed by atoms with Crippen LogP contribution in [0.25, 0.3) is 10.2 Å². The summed E-state index contributed by atoms with van der Waals surface area (Å²) >= 11 is 7.39. The van der Waals surface area contributed by atoms with Gasteiger partial charge in [0.05, 0.1) is 10.2 Å². The first-order valence-electron chi connectivity index (χ1n) is 7.62. The normalized spacial score (nSPS) is 10.9. The van der Waals surface area contributed by atoms with Gasteiger partial charge in [-0.3, -0.25) is 10.1 Å². The van der Waals surface area contributed by atoms with Crippen LogP contribution in [-0.2, 0) is 6.42 Å². The second kappa shape index (κ2) is 7.11. The molecule has 1 N–H and O–H groups in total. The molecule has 1 amide bonds. The van der Waals surface area contributed by atoms with Crippen molar-refractivity contribution in [1.82, 2.24) is 4.98 Å². The number of thiazole rings is 1. The van der Waals surface area contributed by atoms with Gasteiger partial charge in [-0.2, -0.15) is 0 Å². The zero-order chi connectivity index (χ0) is 16.2. The van der Waals surface area contributed by atoms with Crippen LogP contribution in [0.15, 0.2) is 42.5 Å². The van der Waals surface area contributed by atoms with E-state index < -0.39 is 0 Å². The van der Waals surface area contributed by atoms with E-state index in [2.05, 4.69) is 17.2 Å². The molecule has 0 aliphatic rings. The molecule has 23 heavy (non-hydrogen) atoms. The van der Waals surface area contributed by atoms with Crippen LogP contribution in [-0.4, -0.2) is 10.9 Å². The number of aromatic nitrogens is 1. The summed E-state index contributed by atoms with van der Waals surface area (Å²) in [6, 6.07) is 13.3. The molecule has 0 aliphatic heterocycles. The summed E-state index contributed by atoms with van der Waals surface area (Å²) in [4.78, 5) is 16.7. The van der Waals surface area contributed by atoms with Gasteiger partial charge in [0.1, 0.15) is 0 Å². The number of carbonyl (C=O) groups is 1. The number of unbranched alkanes of at least 4 members (excludes halogenated alkanes) is 1. The first-order valence-corrected chi connectivity index (χ1v) is 8.81. The predicted octanol–water partition coefficient (Wildman–Crippen LogP) is 5.54. The van der Waals surface area contributed by atoms with Crippen molar-refractivity contribution in [3.05, 3.63) is 58.6 Å². The van der Waals surface area contributed by atoms with Crippen molar-refractivity contribution in [1.29, 1.82) is 0 Å². The maximum absolute atomic E-state index is 12.3. The molecule has 0 unspecified atom stereocenters. The summed E-state index contributed by atoms with van der Waals surface area (Å²) < 4.78 is 0.961. The second-order valence-corrected chi connectivity index (χ2v) is 6.85. The molecule has 118 valence electrons. The van der Waals surface area contributed by atoms with Crippen LogP contribution < -0.4 is 5.32 Å². The summed E-state index contributed by atoms with van der Waals surface area (Å²) in [7, 11) is 0. The van der Waals surface area contributed by atoms with Crippen LogP contribution in [0.1, 0.15) is 35.7 Å². The average Bonchev–Trinajstić information content (AvgIpc) is 2.94. The molecule has 0 atom stereocenters. The van der Waals surface area contributed by atoms with Gasteiger partial charge in [-0.25, -0.2) is 4.98 Å². The standard InChI is InChI=1S/C18H17ClN2OS/c1-2-3-4-12-5-7-13(8-6-12)17(22)21-18-20-15-10-9-14(19)11-16(15)23-18/h5-11H,2-4H2,1H3,(H,20,21,22). The Kier molecular flexibility index (Phi) is 4.94. The van der Waals surface area contributed by atoms with E-state index in [-0.39, 0.29) is 5.91 Å². The van der Waals surface area contributed by atoms with Gasteiger partial charge in [-0.05, 0) is 48.7 Å². The van der Waals surface area contributed by atoms with E-state index in [4.69, 9.17) is 11.6 Å². The largest absolute Gasteiger partial charge is 0.298 e. The molecular weight excluding hydrogens is 328 g/mol. The molecule has 0 saturated carbocycles. The number of anilines is 1. The van der Waals surface area contributed by atoms with Crippen LogP contribution in [0.4, 0.5) is 5.13 Å². The van der Waals surface area contributed by atoms with Crippen molar-refractivity contribution in [3.8, 4) is 0 Å². The van der Waals surface area contributed by atoms with Gasteiger partial charge in [-0.1, -0.05) is 48.4 Å². The van der Waals surface area contributed by atoms with E-state index in [1.165, 1.54) is 29.7 Å². The van der Waals surface area contributed by atoms with Crippen molar-refractivity contribution in [3.63, 3.8) is 0 Å². The van der Waals surface area contributed by atoms with Crippen molar-refractivity contribution >= 4 is 44.2 Å². The highest BCUT2D eigenvalue weighted by Gasteiger charge is 2.10. The molecule has 3 nitrogen and oxygen atoms in total. The number of carbonyl (C=O) groups excluding carboxylic acids is 1. The average molecular weight is 345 g/mol. The first kappa shape index (κ1) is 16.0. The topological polar surface area (TPSA) is 42.0 Å². The van der Waals surface area contributed by atoms with E-state index >= 15 is 0 Å². The lowest BCUT2D eigenvalue weighted by atomic mass is 10.1. The minimum absolute atomic E-state index is 0.141. The van der Waals surface area contributed by atoms with Crippen LogP contribution in [0, 0.1) is 0 Å². The third-order valence-electron chi connectivity index (χ3n) is 3.61. The van der Waals surface area contributed by atoms with Crippen molar-refractivity contribution < 1.29 is 4.79 Å². The van der Waals surface area contributed by atoms with Crippen LogP contribution in [0.2, 0.25) is 5.02 Å². The minimum atomic E-state index is -0.141. The maximum Gasteiger partial charge on any atom is 0.257 e. The SMILES string of the molecule is CCCCc1ccc(C(=O)Nc2nc3ccc(Cl)cc3s2)cc1. The second-order valence-electron chi connectivity index (χ2n) is 5.39. The molecule has 0 saturated heterocycles. The lowest BCUT2D eigenvalue weighted by Crippen LogP contribution is -2.11. The highest BCUT2D eigenvalue weighted by molar-refractivity contribution is 7.22. The van der Waals surface area contributed by atoms with E-state index in [0.29, 0.717) is 15.7 Å². The third kappa shape index (κ3) is 3.89. The Labute approximate surface area is 144 Å². The number of nitrogens with zero attached hydrogens (tertiary/aromatic N) is 1. The molecule has 2 aromatic carbocycles. The number of amides is 1. The monoisotopic (exact) mass is 344 g/mol.